The number of hydrogen-bond acceptors (Lipinski definition) is 3. The third-order valence-electron chi connectivity index (χ3n) is 7.08. The predicted molar refractivity (Wildman–Crippen MR) is 111 cm³/mol. The molecule has 4 atom stereocenters. The second kappa shape index (κ2) is 6.90. The van der Waals surface area contributed by atoms with Gasteiger partial charge < -0.3 is 13.6 Å². The summed E-state index contributed by atoms with van der Waals surface area (Å²) in [7, 11) is -3.46. The van der Waals surface area contributed by atoms with Gasteiger partial charge in [0.25, 0.3) is 0 Å². The van der Waals surface area contributed by atoms with E-state index in [2.05, 4.69) is 79.9 Å². The van der Waals surface area contributed by atoms with E-state index in [0.717, 1.165) is 13.2 Å². The molecule has 0 amide bonds. The van der Waals surface area contributed by atoms with Crippen LogP contribution in [0.4, 0.5) is 0 Å². The first kappa shape index (κ1) is 21.4. The van der Waals surface area contributed by atoms with Crippen LogP contribution in [0.5, 0.6) is 0 Å². The van der Waals surface area contributed by atoms with Crippen LogP contribution in [0.2, 0.25) is 36.3 Å². The molecular formula is C20H40O3Si2. The highest BCUT2D eigenvalue weighted by atomic mass is 28.4. The molecule has 0 saturated carbocycles. The van der Waals surface area contributed by atoms with Gasteiger partial charge in [-0.15, -0.1) is 0 Å². The zero-order valence-electron chi connectivity index (χ0n) is 18.1. The zero-order chi connectivity index (χ0) is 19.3. The van der Waals surface area contributed by atoms with Gasteiger partial charge in [-0.05, 0) is 36.3 Å². The summed E-state index contributed by atoms with van der Waals surface area (Å²) in [6.45, 7) is 24.7. The van der Waals surface area contributed by atoms with Crippen LogP contribution in [0.3, 0.4) is 0 Å². The number of fused-ring (bicyclic) bond motifs is 2. The maximum atomic E-state index is 6.54. The van der Waals surface area contributed by atoms with Crippen molar-refractivity contribution in [3.8, 4) is 0 Å². The van der Waals surface area contributed by atoms with Crippen LogP contribution in [0, 0.1) is 11.8 Å². The molecule has 2 aliphatic heterocycles. The molecule has 0 N–H and O–H groups in total. The molecule has 25 heavy (non-hydrogen) atoms. The Morgan fingerprint density at radius 3 is 1.32 bits per heavy atom. The predicted octanol–water partition coefficient (Wildman–Crippen LogP) is 5.60. The monoisotopic (exact) mass is 384 g/mol. The number of rotatable bonds is 6. The van der Waals surface area contributed by atoms with Crippen molar-refractivity contribution in [2.24, 2.45) is 11.8 Å². The first-order chi connectivity index (χ1) is 11.2. The fourth-order valence-electron chi connectivity index (χ4n) is 2.94. The second-order valence-corrected chi connectivity index (χ2v) is 20.5. The molecule has 3 nitrogen and oxygen atoms in total. The van der Waals surface area contributed by atoms with Crippen molar-refractivity contribution in [2.75, 3.05) is 13.2 Å². The van der Waals surface area contributed by atoms with Crippen LogP contribution >= 0.6 is 0 Å². The van der Waals surface area contributed by atoms with Crippen molar-refractivity contribution >= 4 is 16.6 Å². The van der Waals surface area contributed by atoms with E-state index >= 15 is 0 Å². The smallest absolute Gasteiger partial charge is 0.191 e. The Labute approximate surface area is 157 Å². The normalized spacial score (nSPS) is 30.3. The van der Waals surface area contributed by atoms with Crippen molar-refractivity contribution in [3.05, 3.63) is 12.2 Å². The van der Waals surface area contributed by atoms with Crippen LogP contribution in [0.15, 0.2) is 12.2 Å². The quantitative estimate of drug-likeness (QED) is 0.441. The van der Waals surface area contributed by atoms with E-state index in [9.17, 15) is 0 Å². The van der Waals surface area contributed by atoms with E-state index in [1.54, 1.807) is 0 Å². The Morgan fingerprint density at radius 2 is 1.04 bits per heavy atom. The molecule has 0 aromatic heterocycles. The highest BCUT2D eigenvalue weighted by Crippen LogP contribution is 2.44. The van der Waals surface area contributed by atoms with Gasteiger partial charge >= 0.3 is 0 Å². The number of ether oxygens (including phenoxy) is 1. The van der Waals surface area contributed by atoms with Crippen molar-refractivity contribution in [1.29, 1.82) is 0 Å². The maximum Gasteiger partial charge on any atom is 0.191 e. The van der Waals surface area contributed by atoms with Crippen molar-refractivity contribution in [1.82, 2.24) is 0 Å². The van der Waals surface area contributed by atoms with Crippen molar-refractivity contribution in [3.63, 3.8) is 0 Å². The Balaban J connectivity index is 2.01. The van der Waals surface area contributed by atoms with Gasteiger partial charge in [-0.25, -0.2) is 0 Å². The van der Waals surface area contributed by atoms with Crippen LogP contribution in [-0.2, 0) is 13.6 Å². The molecule has 0 aliphatic carbocycles. The summed E-state index contributed by atoms with van der Waals surface area (Å²) in [5, 5.41) is 0.489. The topological polar surface area (TPSA) is 27.7 Å². The highest BCUT2D eigenvalue weighted by Gasteiger charge is 2.48. The minimum absolute atomic E-state index is 0.211. The molecule has 2 rings (SSSR count). The van der Waals surface area contributed by atoms with Gasteiger partial charge in [0.15, 0.2) is 16.6 Å². The summed E-state index contributed by atoms with van der Waals surface area (Å²) < 4.78 is 19.2. The lowest BCUT2D eigenvalue weighted by Gasteiger charge is -2.40. The lowest BCUT2D eigenvalue weighted by molar-refractivity contribution is 0.0919. The molecule has 1 saturated heterocycles. The SMILES string of the molecule is CC(C)(C)[Si](C)(C)OC[C@@H]1[C@H](CO[Si](C)(C)C(C)(C)C)[C@H]2C=C[C@@H]1O2. The Bertz CT molecular complexity index is 456. The van der Waals surface area contributed by atoms with Gasteiger partial charge in [0.1, 0.15) is 0 Å². The van der Waals surface area contributed by atoms with E-state index in [4.69, 9.17) is 13.6 Å². The molecule has 2 aliphatic rings. The summed E-state index contributed by atoms with van der Waals surface area (Å²) in [4.78, 5) is 0. The summed E-state index contributed by atoms with van der Waals surface area (Å²) >= 11 is 0. The molecule has 2 bridgehead atoms. The standard InChI is InChI=1S/C20H40O3Si2/c1-19(2,3)24(7,8)21-13-15-16(18-12-11-17(15)23-18)14-22-25(9,10)20(4,5)6/h11-12,15-18H,13-14H2,1-10H3/t15-,16+,17+,18-. The molecule has 2 heterocycles. The van der Waals surface area contributed by atoms with Crippen molar-refractivity contribution < 1.29 is 13.6 Å². The minimum atomic E-state index is -1.73. The van der Waals surface area contributed by atoms with Gasteiger partial charge in [-0.3, -0.25) is 0 Å². The van der Waals surface area contributed by atoms with E-state index in [0.29, 0.717) is 11.8 Å². The third kappa shape index (κ3) is 4.49. The van der Waals surface area contributed by atoms with E-state index in [1.807, 2.05) is 0 Å². The fraction of sp³-hybridized carbons (Fsp3) is 0.900. The largest absolute Gasteiger partial charge is 0.416 e. The van der Waals surface area contributed by atoms with E-state index in [1.165, 1.54) is 0 Å². The molecule has 1 fully saturated rings. The van der Waals surface area contributed by atoms with Gasteiger partial charge in [0, 0.05) is 25.0 Å². The highest BCUT2D eigenvalue weighted by molar-refractivity contribution is 6.74. The summed E-state index contributed by atoms with van der Waals surface area (Å²) in [6, 6.07) is 0. The van der Waals surface area contributed by atoms with Crippen molar-refractivity contribution in [2.45, 2.75) is 90.0 Å². The Morgan fingerprint density at radius 1 is 0.720 bits per heavy atom. The maximum absolute atomic E-state index is 6.54. The third-order valence-corrected chi connectivity index (χ3v) is 16.1. The molecular weight excluding hydrogens is 344 g/mol. The first-order valence-corrected chi connectivity index (χ1v) is 15.6. The average molecular weight is 385 g/mol. The van der Waals surface area contributed by atoms with Gasteiger partial charge in [-0.1, -0.05) is 53.7 Å². The van der Waals surface area contributed by atoms with Crippen LogP contribution < -0.4 is 0 Å². The molecule has 0 unspecified atom stereocenters. The zero-order valence-corrected chi connectivity index (χ0v) is 20.1. The average Bonchev–Trinajstić information content (AvgIpc) is 3.01. The minimum Gasteiger partial charge on any atom is -0.416 e. The summed E-state index contributed by atoms with van der Waals surface area (Å²) in [6.07, 6.45) is 4.88. The Kier molecular flexibility index (Phi) is 5.89. The molecule has 0 spiro atoms. The summed E-state index contributed by atoms with van der Waals surface area (Å²) in [5.41, 5.74) is 0. The lowest BCUT2D eigenvalue weighted by Crippen LogP contribution is -2.46. The molecule has 0 radical (unpaired) electrons. The van der Waals surface area contributed by atoms with Crippen LogP contribution in [-0.4, -0.2) is 42.1 Å². The number of hydrogen-bond donors (Lipinski definition) is 0. The first-order valence-electron chi connectivity index (χ1n) is 9.77. The van der Waals surface area contributed by atoms with Crippen LogP contribution in [0.1, 0.15) is 41.5 Å². The molecule has 5 heteroatoms. The summed E-state index contributed by atoms with van der Waals surface area (Å²) in [5.74, 6) is 0.850. The fourth-order valence-corrected chi connectivity index (χ4v) is 5.03. The lowest BCUT2D eigenvalue weighted by atomic mass is 9.84. The van der Waals surface area contributed by atoms with Gasteiger partial charge in [0.05, 0.1) is 12.2 Å². The van der Waals surface area contributed by atoms with Gasteiger partial charge in [0.2, 0.25) is 0 Å². The Hall–Kier alpha value is 0.0538. The van der Waals surface area contributed by atoms with Crippen LogP contribution in [0.25, 0.3) is 0 Å². The molecule has 146 valence electrons. The second-order valence-electron chi connectivity index (χ2n) is 10.9. The van der Waals surface area contributed by atoms with E-state index in [-0.39, 0.29) is 22.3 Å². The van der Waals surface area contributed by atoms with E-state index < -0.39 is 16.6 Å². The molecule has 0 aromatic carbocycles. The van der Waals surface area contributed by atoms with Gasteiger partial charge in [-0.2, -0.15) is 0 Å². The molecule has 0 aromatic rings.